The Bertz CT molecular complexity index is 919. The molecule has 1 aliphatic rings. The summed E-state index contributed by atoms with van der Waals surface area (Å²) in [4.78, 5) is 18.5. The number of hydrogen-bond acceptors (Lipinski definition) is 4. The van der Waals surface area contributed by atoms with Crippen LogP contribution in [-0.4, -0.2) is 20.9 Å². The lowest BCUT2D eigenvalue weighted by atomic mass is 10.1. The zero-order chi connectivity index (χ0) is 18.1. The van der Waals surface area contributed by atoms with Gasteiger partial charge >= 0.3 is 0 Å². The van der Waals surface area contributed by atoms with Gasteiger partial charge in [0.05, 0.1) is 0 Å². The third-order valence-corrected chi connectivity index (χ3v) is 4.63. The van der Waals surface area contributed by atoms with E-state index >= 15 is 0 Å². The topological polar surface area (TPSA) is 59.2 Å². The molecule has 2 aromatic carbocycles. The summed E-state index contributed by atoms with van der Waals surface area (Å²) in [5.74, 6) is 0.696. The molecule has 1 fully saturated rings. The maximum atomic E-state index is 13.1. The number of likely N-dealkylation sites (tertiary alicyclic amines) is 1. The number of carbonyl (C=O) groups excluding carboxylic acids is 1. The summed E-state index contributed by atoms with van der Waals surface area (Å²) in [6.07, 6.45) is 1.07. The van der Waals surface area contributed by atoms with Crippen LogP contribution in [0.15, 0.2) is 53.1 Å². The highest BCUT2D eigenvalue weighted by Crippen LogP contribution is 2.34. The largest absolute Gasteiger partial charge is 0.337 e. The van der Waals surface area contributed by atoms with E-state index in [1.54, 1.807) is 17.0 Å². The molecule has 0 spiro atoms. The van der Waals surface area contributed by atoms with Crippen LogP contribution in [0.25, 0.3) is 11.4 Å². The smallest absolute Gasteiger partial charge is 0.249 e. The molecule has 5 nitrogen and oxygen atoms in total. The first-order valence-electron chi connectivity index (χ1n) is 8.55. The summed E-state index contributed by atoms with van der Waals surface area (Å²) in [7, 11) is 0. The van der Waals surface area contributed by atoms with Gasteiger partial charge in [0.15, 0.2) is 0 Å². The maximum Gasteiger partial charge on any atom is 0.249 e. The predicted molar refractivity (Wildman–Crippen MR) is 93.4 cm³/mol. The molecule has 0 bridgehead atoms. The molecule has 4 rings (SSSR count). The van der Waals surface area contributed by atoms with Gasteiger partial charge in [0.25, 0.3) is 0 Å². The van der Waals surface area contributed by atoms with Gasteiger partial charge in [-0.3, -0.25) is 4.79 Å². The van der Waals surface area contributed by atoms with Crippen LogP contribution in [0.1, 0.15) is 35.9 Å². The molecule has 0 aliphatic carbocycles. The highest BCUT2D eigenvalue weighted by molar-refractivity contribution is 5.78. The van der Waals surface area contributed by atoms with Crippen molar-refractivity contribution in [2.45, 2.75) is 32.4 Å². The highest BCUT2D eigenvalue weighted by atomic mass is 19.1. The molecule has 6 heteroatoms. The fraction of sp³-hybridized carbons (Fsp3) is 0.250. The summed E-state index contributed by atoms with van der Waals surface area (Å²) in [6.45, 7) is 2.41. The highest BCUT2D eigenvalue weighted by Gasteiger charge is 2.36. The minimum atomic E-state index is -0.294. The van der Waals surface area contributed by atoms with Gasteiger partial charge in [-0.25, -0.2) is 4.39 Å². The number of aromatic nitrogens is 2. The molecule has 132 valence electrons. The Morgan fingerprint density at radius 3 is 2.62 bits per heavy atom. The third kappa shape index (κ3) is 3.22. The summed E-state index contributed by atoms with van der Waals surface area (Å²) in [5, 5.41) is 4.07. The van der Waals surface area contributed by atoms with Crippen LogP contribution in [0.2, 0.25) is 0 Å². The van der Waals surface area contributed by atoms with Gasteiger partial charge in [-0.15, -0.1) is 0 Å². The van der Waals surface area contributed by atoms with Crippen LogP contribution in [0.5, 0.6) is 0 Å². The molecular weight excluding hydrogens is 333 g/mol. The Hall–Kier alpha value is -3.02. The van der Waals surface area contributed by atoms with Crippen molar-refractivity contribution in [3.63, 3.8) is 0 Å². The lowest BCUT2D eigenvalue weighted by Crippen LogP contribution is -2.27. The normalized spacial score (nSPS) is 17.1. The molecule has 1 unspecified atom stereocenters. The summed E-state index contributed by atoms with van der Waals surface area (Å²) >= 11 is 0. The van der Waals surface area contributed by atoms with E-state index in [0.29, 0.717) is 31.1 Å². The van der Waals surface area contributed by atoms with Gasteiger partial charge < -0.3 is 9.42 Å². The molecule has 0 N–H and O–H groups in total. The minimum absolute atomic E-state index is 0.0365. The first-order valence-corrected chi connectivity index (χ1v) is 8.55. The first kappa shape index (κ1) is 16.4. The third-order valence-electron chi connectivity index (χ3n) is 4.63. The molecule has 2 heterocycles. The second-order valence-corrected chi connectivity index (χ2v) is 6.52. The predicted octanol–water partition coefficient (Wildman–Crippen LogP) is 4.05. The number of benzene rings is 2. The second-order valence-electron chi connectivity index (χ2n) is 6.52. The van der Waals surface area contributed by atoms with E-state index in [4.69, 9.17) is 4.52 Å². The van der Waals surface area contributed by atoms with Crippen LogP contribution in [-0.2, 0) is 11.3 Å². The van der Waals surface area contributed by atoms with E-state index in [-0.39, 0.29) is 17.8 Å². The van der Waals surface area contributed by atoms with Gasteiger partial charge in [0, 0.05) is 18.5 Å². The van der Waals surface area contributed by atoms with E-state index in [9.17, 15) is 9.18 Å². The zero-order valence-electron chi connectivity index (χ0n) is 14.4. The SMILES string of the molecule is Cc1ccc(-c2noc(C3CCC(=O)N3Cc3ccc(F)cc3)n2)cc1. The molecule has 3 aromatic rings. The van der Waals surface area contributed by atoms with Crippen molar-refractivity contribution in [3.05, 3.63) is 71.4 Å². The molecule has 26 heavy (non-hydrogen) atoms. The minimum Gasteiger partial charge on any atom is -0.337 e. The summed E-state index contributed by atoms with van der Waals surface area (Å²) < 4.78 is 18.5. The number of carbonyl (C=O) groups is 1. The van der Waals surface area contributed by atoms with Crippen molar-refractivity contribution in [2.75, 3.05) is 0 Å². The summed E-state index contributed by atoms with van der Waals surface area (Å²) in [5.41, 5.74) is 2.90. The quantitative estimate of drug-likeness (QED) is 0.711. The van der Waals surface area contributed by atoms with E-state index in [2.05, 4.69) is 10.1 Å². The number of nitrogens with zero attached hydrogens (tertiary/aromatic N) is 3. The summed E-state index contributed by atoms with van der Waals surface area (Å²) in [6, 6.07) is 13.8. The Kier molecular flexibility index (Phi) is 4.24. The van der Waals surface area contributed by atoms with Crippen molar-refractivity contribution in [1.82, 2.24) is 15.0 Å². The Balaban J connectivity index is 1.57. The number of amides is 1. The van der Waals surface area contributed by atoms with E-state index in [1.807, 2.05) is 31.2 Å². The standard InChI is InChI=1S/C20H18FN3O2/c1-13-2-6-15(7-3-13)19-22-20(26-23-19)17-10-11-18(25)24(17)12-14-4-8-16(21)9-5-14/h2-9,17H,10-12H2,1H3. The molecular formula is C20H18FN3O2. The average Bonchev–Trinajstić information content (AvgIpc) is 3.25. The van der Waals surface area contributed by atoms with Crippen molar-refractivity contribution >= 4 is 5.91 Å². The Morgan fingerprint density at radius 1 is 1.15 bits per heavy atom. The number of hydrogen-bond donors (Lipinski definition) is 0. The van der Waals surface area contributed by atoms with Crippen molar-refractivity contribution < 1.29 is 13.7 Å². The monoisotopic (exact) mass is 351 g/mol. The van der Waals surface area contributed by atoms with Crippen LogP contribution >= 0.6 is 0 Å². The number of aryl methyl sites for hydroxylation is 1. The number of halogens is 1. The Labute approximate surface area is 150 Å². The Morgan fingerprint density at radius 2 is 1.88 bits per heavy atom. The van der Waals surface area contributed by atoms with Gasteiger partial charge in [0.1, 0.15) is 11.9 Å². The van der Waals surface area contributed by atoms with Crippen LogP contribution < -0.4 is 0 Å². The molecule has 1 aromatic heterocycles. The molecule has 0 radical (unpaired) electrons. The fourth-order valence-corrected chi connectivity index (χ4v) is 3.17. The average molecular weight is 351 g/mol. The number of rotatable bonds is 4. The molecule has 1 atom stereocenters. The zero-order valence-corrected chi connectivity index (χ0v) is 14.4. The second kappa shape index (κ2) is 6.71. The maximum absolute atomic E-state index is 13.1. The van der Waals surface area contributed by atoms with Gasteiger partial charge in [-0.05, 0) is 31.0 Å². The fourth-order valence-electron chi connectivity index (χ4n) is 3.17. The van der Waals surface area contributed by atoms with E-state index in [0.717, 1.165) is 16.7 Å². The van der Waals surface area contributed by atoms with E-state index in [1.165, 1.54) is 12.1 Å². The van der Waals surface area contributed by atoms with Gasteiger partial charge in [-0.1, -0.05) is 47.1 Å². The lowest BCUT2D eigenvalue weighted by Gasteiger charge is -2.22. The van der Waals surface area contributed by atoms with Gasteiger partial charge in [0.2, 0.25) is 17.6 Å². The van der Waals surface area contributed by atoms with E-state index < -0.39 is 0 Å². The van der Waals surface area contributed by atoms with Crippen LogP contribution in [0, 0.1) is 12.7 Å². The van der Waals surface area contributed by atoms with Crippen LogP contribution in [0.3, 0.4) is 0 Å². The van der Waals surface area contributed by atoms with Crippen molar-refractivity contribution in [2.24, 2.45) is 0 Å². The molecule has 1 saturated heterocycles. The van der Waals surface area contributed by atoms with Crippen molar-refractivity contribution in [3.8, 4) is 11.4 Å². The molecule has 1 amide bonds. The van der Waals surface area contributed by atoms with Crippen LogP contribution in [0.4, 0.5) is 4.39 Å². The first-order chi connectivity index (χ1) is 12.6. The molecule has 0 saturated carbocycles. The molecule has 1 aliphatic heterocycles. The lowest BCUT2D eigenvalue weighted by molar-refractivity contribution is -0.129. The van der Waals surface area contributed by atoms with Crippen molar-refractivity contribution in [1.29, 1.82) is 0 Å². The van der Waals surface area contributed by atoms with Gasteiger partial charge in [-0.2, -0.15) is 4.98 Å².